The van der Waals surface area contributed by atoms with Crippen LogP contribution in [-0.4, -0.2) is 112 Å². The lowest BCUT2D eigenvalue weighted by atomic mass is 10.0. The van der Waals surface area contributed by atoms with Crippen LogP contribution in [0.2, 0.25) is 0 Å². The van der Waals surface area contributed by atoms with Gasteiger partial charge in [-0.05, 0) is 71.5 Å². The predicted octanol–water partition coefficient (Wildman–Crippen LogP) is 5.62. The van der Waals surface area contributed by atoms with Crippen molar-refractivity contribution in [2.45, 2.75) is 43.8 Å². The molecule has 0 radical (unpaired) electrons. The molecule has 0 saturated carbocycles. The molecule has 4 aromatic carbocycles. The number of aliphatic hydroxyl groups is 2. The van der Waals surface area contributed by atoms with Gasteiger partial charge in [0.15, 0.2) is 23.0 Å². The summed E-state index contributed by atoms with van der Waals surface area (Å²) in [4.78, 5) is 34.6. The van der Waals surface area contributed by atoms with Crippen LogP contribution in [0.1, 0.15) is 51.1 Å². The molecule has 0 saturated heterocycles. The molecule has 4 aliphatic heterocycles. The van der Waals surface area contributed by atoms with E-state index in [0.717, 1.165) is 33.8 Å². The number of carbonyl (C=O) groups is 2. The van der Waals surface area contributed by atoms with Crippen LogP contribution in [0.25, 0.3) is 11.1 Å². The fourth-order valence-electron chi connectivity index (χ4n) is 8.26. The molecular formula is C45H48N4O10. The van der Waals surface area contributed by atoms with E-state index < -0.39 is 24.5 Å². The molecule has 59 heavy (non-hydrogen) atoms. The van der Waals surface area contributed by atoms with Crippen LogP contribution in [0.3, 0.4) is 0 Å². The number of hydrogen-bond donors (Lipinski definition) is 2. The minimum Gasteiger partial charge on any atom is -0.497 e. The second kappa shape index (κ2) is 16.1. The Morgan fingerprint density at radius 3 is 1.31 bits per heavy atom. The minimum absolute atomic E-state index is 0.238. The SMILES string of the molecule is COc1ccc(C2=CN3C(=O)c4cc(OC)c(OCCCOc5cc6c(cc5OC)C(=O)N5C=C(c7ccc(OC)cc7)CC5C(O)N6C)cc4N(C)C(O)C3C2)cc1. The topological polar surface area (TPSA) is 143 Å². The fourth-order valence-corrected chi connectivity index (χ4v) is 8.26. The number of amides is 2. The smallest absolute Gasteiger partial charge is 0.260 e. The van der Waals surface area contributed by atoms with Gasteiger partial charge in [-0.15, -0.1) is 0 Å². The first-order valence-corrected chi connectivity index (χ1v) is 19.4. The number of benzene rings is 4. The van der Waals surface area contributed by atoms with E-state index in [2.05, 4.69) is 0 Å². The number of carbonyl (C=O) groups excluding carboxylic acids is 2. The highest BCUT2D eigenvalue weighted by molar-refractivity contribution is 6.04. The van der Waals surface area contributed by atoms with Crippen LogP contribution in [0.5, 0.6) is 34.5 Å². The zero-order valence-electron chi connectivity index (χ0n) is 33.9. The Kier molecular flexibility index (Phi) is 10.8. The number of methoxy groups -OCH3 is 4. The van der Waals surface area contributed by atoms with Crippen molar-refractivity contribution in [2.24, 2.45) is 0 Å². The molecule has 0 aliphatic carbocycles. The number of rotatable bonds is 12. The molecule has 4 aliphatic rings. The zero-order valence-corrected chi connectivity index (χ0v) is 33.9. The molecule has 2 N–H and O–H groups in total. The van der Waals surface area contributed by atoms with Gasteiger partial charge in [0, 0.05) is 45.0 Å². The average molecular weight is 805 g/mol. The highest BCUT2D eigenvalue weighted by Crippen LogP contribution is 2.44. The van der Waals surface area contributed by atoms with Gasteiger partial charge in [0.2, 0.25) is 0 Å². The molecule has 2 amide bonds. The van der Waals surface area contributed by atoms with Crippen LogP contribution in [0.4, 0.5) is 11.4 Å². The Bertz CT molecular complexity index is 2150. The van der Waals surface area contributed by atoms with Gasteiger partial charge in [-0.25, -0.2) is 0 Å². The van der Waals surface area contributed by atoms with Crippen molar-refractivity contribution in [3.05, 3.63) is 107 Å². The summed E-state index contributed by atoms with van der Waals surface area (Å²) in [7, 11) is 9.77. The maximum Gasteiger partial charge on any atom is 0.260 e. The lowest BCUT2D eigenvalue weighted by Gasteiger charge is -2.31. The number of likely N-dealkylation sites (N-methyl/N-ethyl adjacent to an activating group) is 2. The Balaban J connectivity index is 0.947. The first-order chi connectivity index (χ1) is 28.5. The molecule has 4 heterocycles. The summed E-state index contributed by atoms with van der Waals surface area (Å²) < 4.78 is 34.3. The first-order valence-electron chi connectivity index (χ1n) is 19.4. The number of nitrogens with zero attached hydrogens (tertiary/aromatic N) is 4. The molecule has 4 unspecified atom stereocenters. The Hall–Kier alpha value is -6.38. The summed E-state index contributed by atoms with van der Waals surface area (Å²) in [6.07, 6.45) is 3.06. The van der Waals surface area contributed by atoms with E-state index in [1.807, 2.05) is 60.9 Å². The van der Waals surface area contributed by atoms with Crippen LogP contribution >= 0.6 is 0 Å². The summed E-state index contributed by atoms with van der Waals surface area (Å²) in [5.41, 5.74) is 5.58. The third-order valence-electron chi connectivity index (χ3n) is 11.6. The normalized spacial score (nSPS) is 20.7. The molecule has 308 valence electrons. The standard InChI is InChI=1S/C45H48N4O10/c1-46-34-22-40(38(56-5)20-32(34)42(50)48-24-28(18-36(48)44(46)52)26-8-12-30(54-3)13-9-26)58-16-7-17-59-41-23-35-33(21-39(41)57-6)43(51)49-25-29(19-37(49)45(53)47(35)2)27-10-14-31(55-4)15-11-27/h8-15,20-25,36-37,44-45,52-53H,7,16-19H2,1-6H3. The minimum atomic E-state index is -0.988. The molecular weight excluding hydrogens is 757 g/mol. The Morgan fingerprint density at radius 1 is 0.559 bits per heavy atom. The predicted molar refractivity (Wildman–Crippen MR) is 222 cm³/mol. The number of fused-ring (bicyclic) bond motifs is 4. The summed E-state index contributed by atoms with van der Waals surface area (Å²) >= 11 is 0. The van der Waals surface area contributed by atoms with Gasteiger partial charge in [0.25, 0.3) is 11.8 Å². The van der Waals surface area contributed by atoms with E-state index in [1.165, 1.54) is 14.2 Å². The van der Waals surface area contributed by atoms with Crippen molar-refractivity contribution in [3.63, 3.8) is 0 Å². The van der Waals surface area contributed by atoms with Crippen molar-refractivity contribution < 1.29 is 48.2 Å². The molecule has 4 atom stereocenters. The first kappa shape index (κ1) is 39.4. The summed E-state index contributed by atoms with van der Waals surface area (Å²) in [5, 5.41) is 23.1. The molecule has 14 heteroatoms. The van der Waals surface area contributed by atoms with Crippen molar-refractivity contribution in [3.8, 4) is 34.5 Å². The molecule has 0 bridgehead atoms. The van der Waals surface area contributed by atoms with E-state index in [0.29, 0.717) is 64.8 Å². The van der Waals surface area contributed by atoms with E-state index in [9.17, 15) is 19.8 Å². The summed E-state index contributed by atoms with van der Waals surface area (Å²) in [5.74, 6) is 2.56. The highest BCUT2D eigenvalue weighted by Gasteiger charge is 2.43. The second-order valence-electron chi connectivity index (χ2n) is 14.9. The van der Waals surface area contributed by atoms with Gasteiger partial charge in [0.05, 0.1) is 76.2 Å². The van der Waals surface area contributed by atoms with Gasteiger partial charge in [-0.1, -0.05) is 24.3 Å². The number of hydrogen-bond acceptors (Lipinski definition) is 12. The summed E-state index contributed by atoms with van der Waals surface area (Å²) in [6.45, 7) is 0.476. The van der Waals surface area contributed by atoms with Gasteiger partial charge < -0.3 is 58.2 Å². The van der Waals surface area contributed by atoms with E-state index in [1.54, 1.807) is 72.2 Å². The average Bonchev–Trinajstić information content (AvgIpc) is 3.90. The third kappa shape index (κ3) is 7.12. The van der Waals surface area contributed by atoms with Gasteiger partial charge in [-0.3, -0.25) is 9.59 Å². The monoisotopic (exact) mass is 804 g/mol. The molecule has 14 nitrogen and oxygen atoms in total. The number of anilines is 2. The van der Waals surface area contributed by atoms with Gasteiger partial charge >= 0.3 is 0 Å². The van der Waals surface area contributed by atoms with Crippen molar-refractivity contribution in [1.82, 2.24) is 9.80 Å². The lowest BCUT2D eigenvalue weighted by Crippen LogP contribution is -2.46. The van der Waals surface area contributed by atoms with E-state index in [-0.39, 0.29) is 25.0 Å². The largest absolute Gasteiger partial charge is 0.497 e. The zero-order chi connectivity index (χ0) is 41.5. The molecule has 0 aromatic heterocycles. The number of ether oxygens (including phenoxy) is 6. The van der Waals surface area contributed by atoms with Gasteiger partial charge in [0.1, 0.15) is 24.0 Å². The molecule has 0 spiro atoms. The Labute approximate surface area is 342 Å². The van der Waals surface area contributed by atoms with Crippen LogP contribution in [0.15, 0.2) is 85.2 Å². The van der Waals surface area contributed by atoms with Crippen molar-refractivity contribution >= 4 is 34.3 Å². The van der Waals surface area contributed by atoms with Crippen LogP contribution in [0, 0.1) is 0 Å². The van der Waals surface area contributed by atoms with E-state index >= 15 is 0 Å². The second-order valence-corrected chi connectivity index (χ2v) is 14.9. The maximum atomic E-state index is 14.0. The lowest BCUT2D eigenvalue weighted by molar-refractivity contribution is 0.0589. The fraction of sp³-hybridized carbons (Fsp3) is 0.333. The van der Waals surface area contributed by atoms with Crippen molar-refractivity contribution in [2.75, 3.05) is 65.5 Å². The van der Waals surface area contributed by atoms with Gasteiger partial charge in [-0.2, -0.15) is 0 Å². The molecule has 8 rings (SSSR count). The maximum absolute atomic E-state index is 14.0. The number of aliphatic hydroxyl groups excluding tert-OH is 2. The Morgan fingerprint density at radius 2 is 0.949 bits per heavy atom. The highest BCUT2D eigenvalue weighted by atomic mass is 16.5. The summed E-state index contributed by atoms with van der Waals surface area (Å²) in [6, 6.07) is 21.0. The quantitative estimate of drug-likeness (QED) is 0.172. The van der Waals surface area contributed by atoms with E-state index in [4.69, 9.17) is 28.4 Å². The van der Waals surface area contributed by atoms with Crippen molar-refractivity contribution in [1.29, 1.82) is 0 Å². The van der Waals surface area contributed by atoms with Crippen LogP contribution < -0.4 is 38.2 Å². The van der Waals surface area contributed by atoms with Crippen LogP contribution in [-0.2, 0) is 0 Å². The molecule has 4 aromatic rings. The molecule has 0 fully saturated rings. The third-order valence-corrected chi connectivity index (χ3v) is 11.6.